The topological polar surface area (TPSA) is 18.5 Å². The minimum Gasteiger partial charge on any atom is -0.344 e. The molecular formula is C18H28O2Si. The van der Waals surface area contributed by atoms with E-state index in [0.717, 1.165) is 12.8 Å². The van der Waals surface area contributed by atoms with Gasteiger partial charge in [0.15, 0.2) is 5.41 Å². The first-order valence-electron chi connectivity index (χ1n) is 8.44. The van der Waals surface area contributed by atoms with Gasteiger partial charge in [-0.1, -0.05) is 75.7 Å². The summed E-state index contributed by atoms with van der Waals surface area (Å²) in [6.45, 7) is 7.08. The maximum atomic E-state index is 6.68. The van der Waals surface area contributed by atoms with Crippen LogP contribution in [-0.4, -0.2) is 20.3 Å². The second kappa shape index (κ2) is 5.86. The highest BCUT2D eigenvalue weighted by atomic mass is 28.3. The van der Waals surface area contributed by atoms with Crippen LogP contribution in [0.25, 0.3) is 0 Å². The lowest BCUT2D eigenvalue weighted by Gasteiger charge is -2.39. The maximum Gasteiger partial charge on any atom is 0.176 e. The molecule has 2 fully saturated rings. The van der Waals surface area contributed by atoms with Crippen molar-refractivity contribution in [3.05, 3.63) is 35.9 Å². The van der Waals surface area contributed by atoms with Gasteiger partial charge in [-0.05, 0) is 12.8 Å². The largest absolute Gasteiger partial charge is 0.344 e. The minimum absolute atomic E-state index is 0.289. The first kappa shape index (κ1) is 15.3. The van der Waals surface area contributed by atoms with Crippen molar-refractivity contribution in [2.75, 3.05) is 0 Å². The molecule has 2 aliphatic rings. The van der Waals surface area contributed by atoms with Gasteiger partial charge in [0.1, 0.15) is 8.07 Å². The highest BCUT2D eigenvalue weighted by Crippen LogP contribution is 2.47. The quantitative estimate of drug-likeness (QED) is 0.727. The average Bonchev–Trinajstić information content (AvgIpc) is 2.79. The molecule has 0 amide bonds. The molecule has 0 bridgehead atoms. The Labute approximate surface area is 129 Å². The monoisotopic (exact) mass is 304 g/mol. The Morgan fingerprint density at radius 2 is 1.38 bits per heavy atom. The van der Waals surface area contributed by atoms with Crippen molar-refractivity contribution in [1.29, 1.82) is 0 Å². The molecule has 3 heteroatoms. The summed E-state index contributed by atoms with van der Waals surface area (Å²) in [7, 11) is -1.68. The fourth-order valence-electron chi connectivity index (χ4n) is 3.72. The molecule has 1 aliphatic heterocycles. The lowest BCUT2D eigenvalue weighted by molar-refractivity contribution is -0.124. The summed E-state index contributed by atoms with van der Waals surface area (Å²) in [5.41, 5.74) is 0.754. The van der Waals surface area contributed by atoms with Crippen molar-refractivity contribution in [3.63, 3.8) is 0 Å². The summed E-state index contributed by atoms with van der Waals surface area (Å²) in [6.07, 6.45) is 8.14. The number of ether oxygens (including phenoxy) is 2. The van der Waals surface area contributed by atoms with Gasteiger partial charge in [-0.3, -0.25) is 0 Å². The van der Waals surface area contributed by atoms with Gasteiger partial charge >= 0.3 is 0 Å². The third-order valence-electron chi connectivity index (χ3n) is 4.92. The van der Waals surface area contributed by atoms with Crippen molar-refractivity contribution in [2.45, 2.75) is 75.8 Å². The summed E-state index contributed by atoms with van der Waals surface area (Å²) in [5.74, 6) is 0. The fraction of sp³-hybridized carbons (Fsp3) is 0.667. The summed E-state index contributed by atoms with van der Waals surface area (Å²) >= 11 is 0. The van der Waals surface area contributed by atoms with E-state index in [4.69, 9.17) is 9.47 Å². The molecule has 21 heavy (non-hydrogen) atoms. The Kier molecular flexibility index (Phi) is 4.26. The molecule has 3 rings (SSSR count). The van der Waals surface area contributed by atoms with Crippen LogP contribution in [0.1, 0.15) is 44.1 Å². The van der Waals surface area contributed by atoms with Crippen LogP contribution in [0.3, 0.4) is 0 Å². The molecule has 1 heterocycles. The highest BCUT2D eigenvalue weighted by molar-refractivity contribution is 6.78. The molecule has 0 radical (unpaired) electrons. The minimum atomic E-state index is -1.68. The van der Waals surface area contributed by atoms with E-state index in [1.165, 1.54) is 31.2 Å². The molecule has 1 saturated carbocycles. The summed E-state index contributed by atoms with van der Waals surface area (Å²) in [6, 6.07) is 10.6. The van der Waals surface area contributed by atoms with Crippen LogP contribution in [0, 0.1) is 0 Å². The number of fused-ring (bicyclic) bond motifs is 1. The smallest absolute Gasteiger partial charge is 0.176 e. The molecule has 0 spiro atoms. The van der Waals surface area contributed by atoms with Crippen molar-refractivity contribution in [1.82, 2.24) is 0 Å². The van der Waals surface area contributed by atoms with Gasteiger partial charge in [0.05, 0.1) is 12.2 Å². The van der Waals surface area contributed by atoms with Crippen molar-refractivity contribution in [2.24, 2.45) is 0 Å². The zero-order chi connectivity index (χ0) is 14.9. The summed E-state index contributed by atoms with van der Waals surface area (Å²) in [5, 5.41) is 0. The van der Waals surface area contributed by atoms with Crippen LogP contribution in [0.15, 0.2) is 30.3 Å². The maximum absolute atomic E-state index is 6.68. The van der Waals surface area contributed by atoms with Gasteiger partial charge in [-0.15, -0.1) is 0 Å². The number of hydrogen-bond donors (Lipinski definition) is 0. The van der Waals surface area contributed by atoms with Gasteiger partial charge in [0.2, 0.25) is 0 Å². The van der Waals surface area contributed by atoms with E-state index >= 15 is 0 Å². The molecule has 1 aromatic carbocycles. The zero-order valence-corrected chi connectivity index (χ0v) is 14.6. The first-order chi connectivity index (χ1) is 10.0. The van der Waals surface area contributed by atoms with Crippen LogP contribution in [-0.2, 0) is 14.9 Å². The molecule has 0 unspecified atom stereocenters. The van der Waals surface area contributed by atoms with Crippen LogP contribution < -0.4 is 0 Å². The Bertz CT molecular complexity index is 450. The standard InChI is InChI=1S/C18H28O2Si/c1-21(2,3)18(15-11-7-6-8-12-15)19-16-13-9-4-5-10-14-17(16)20-18/h6-8,11-12,16-17H,4-5,9-10,13-14H2,1-3H3/t16-,17-/m1/s1. The lowest BCUT2D eigenvalue weighted by atomic mass is 9.96. The van der Waals surface area contributed by atoms with E-state index in [9.17, 15) is 0 Å². The van der Waals surface area contributed by atoms with Gasteiger partial charge in [-0.2, -0.15) is 0 Å². The third kappa shape index (κ3) is 2.83. The second-order valence-corrected chi connectivity index (χ2v) is 12.7. The van der Waals surface area contributed by atoms with E-state index in [1.807, 2.05) is 0 Å². The summed E-state index contributed by atoms with van der Waals surface area (Å²) in [4.78, 5) is 0. The number of rotatable bonds is 2. The van der Waals surface area contributed by atoms with Gasteiger partial charge < -0.3 is 9.47 Å². The van der Waals surface area contributed by atoms with Crippen molar-refractivity contribution in [3.8, 4) is 0 Å². The van der Waals surface area contributed by atoms with Crippen LogP contribution in [0.5, 0.6) is 0 Å². The van der Waals surface area contributed by atoms with Gasteiger partial charge in [0, 0.05) is 5.56 Å². The number of hydrogen-bond acceptors (Lipinski definition) is 2. The van der Waals surface area contributed by atoms with E-state index in [-0.39, 0.29) is 12.2 Å². The molecule has 1 saturated heterocycles. The van der Waals surface area contributed by atoms with Gasteiger partial charge in [0.25, 0.3) is 0 Å². The predicted molar refractivity (Wildman–Crippen MR) is 88.9 cm³/mol. The van der Waals surface area contributed by atoms with E-state index < -0.39 is 13.5 Å². The highest BCUT2D eigenvalue weighted by Gasteiger charge is 2.56. The second-order valence-electron chi connectivity index (χ2n) is 7.54. The van der Waals surface area contributed by atoms with Crippen molar-refractivity contribution < 1.29 is 9.47 Å². The van der Waals surface area contributed by atoms with Gasteiger partial charge in [-0.25, -0.2) is 0 Å². The first-order valence-corrected chi connectivity index (χ1v) is 11.9. The predicted octanol–water partition coefficient (Wildman–Crippen LogP) is 4.86. The number of benzene rings is 1. The Balaban J connectivity index is 1.95. The lowest BCUT2D eigenvalue weighted by Crippen LogP contribution is -2.51. The van der Waals surface area contributed by atoms with Crippen molar-refractivity contribution >= 4 is 8.07 Å². The Morgan fingerprint density at radius 1 is 0.857 bits per heavy atom. The summed E-state index contributed by atoms with van der Waals surface area (Å²) < 4.78 is 13.4. The Morgan fingerprint density at radius 3 is 1.86 bits per heavy atom. The molecule has 1 aromatic rings. The van der Waals surface area contributed by atoms with E-state index in [1.54, 1.807) is 0 Å². The fourth-order valence-corrected chi connectivity index (χ4v) is 5.76. The molecule has 0 aromatic heterocycles. The molecular weight excluding hydrogens is 276 g/mol. The van der Waals surface area contributed by atoms with Crippen LogP contribution in [0.4, 0.5) is 0 Å². The normalized spacial score (nSPS) is 29.5. The average molecular weight is 305 g/mol. The zero-order valence-electron chi connectivity index (χ0n) is 13.6. The molecule has 1 aliphatic carbocycles. The SMILES string of the molecule is C[Si](C)(C)C1(c2ccccc2)O[C@@H]2CCCCCC[C@H]2O1. The van der Waals surface area contributed by atoms with E-state index in [2.05, 4.69) is 50.0 Å². The van der Waals surface area contributed by atoms with E-state index in [0.29, 0.717) is 0 Å². The molecule has 0 N–H and O–H groups in total. The van der Waals surface area contributed by atoms with Crippen LogP contribution >= 0.6 is 0 Å². The van der Waals surface area contributed by atoms with Crippen LogP contribution in [0.2, 0.25) is 19.6 Å². The molecule has 116 valence electrons. The molecule has 2 atom stereocenters. The Hall–Kier alpha value is -0.643. The third-order valence-corrected chi connectivity index (χ3v) is 7.42. The molecule has 2 nitrogen and oxygen atoms in total.